The molecule has 1 saturated heterocycles. The maximum atomic E-state index is 13.2. The van der Waals surface area contributed by atoms with Crippen LogP contribution in [0.5, 0.6) is 0 Å². The minimum Gasteiger partial charge on any atom is -0.378 e. The molecular weight excluding hydrogens is 366 g/mol. The fourth-order valence-electron chi connectivity index (χ4n) is 3.85. The Balaban J connectivity index is 1.54. The number of aryl methyl sites for hydroxylation is 2. The Morgan fingerprint density at radius 1 is 1.21 bits per heavy atom. The van der Waals surface area contributed by atoms with Crippen LogP contribution in [0.25, 0.3) is 5.78 Å². The number of fused-ring (bicyclic) bond motifs is 1. The zero-order valence-electron chi connectivity index (χ0n) is 17.0. The average Bonchev–Trinajstić information content (AvgIpc) is 3.15. The van der Waals surface area contributed by atoms with E-state index in [1.807, 2.05) is 53.6 Å². The fraction of sp³-hybridized carbons (Fsp3) is 0.409. The number of imidazole rings is 1. The van der Waals surface area contributed by atoms with E-state index in [1.54, 1.807) is 0 Å². The Morgan fingerprint density at radius 3 is 2.72 bits per heavy atom. The smallest absolute Gasteiger partial charge is 0.240 e. The van der Waals surface area contributed by atoms with Crippen LogP contribution < -0.4 is 5.32 Å². The Morgan fingerprint density at radius 2 is 1.97 bits per heavy atom. The molecule has 1 fully saturated rings. The lowest BCUT2D eigenvalue weighted by atomic mass is 10.0. The van der Waals surface area contributed by atoms with Gasteiger partial charge in [-0.05, 0) is 31.9 Å². The number of benzene rings is 1. The number of rotatable bonds is 6. The number of hydrogen-bond acceptors (Lipinski definition) is 5. The lowest BCUT2D eigenvalue weighted by Gasteiger charge is -2.31. The molecule has 7 heteroatoms. The maximum Gasteiger partial charge on any atom is 0.240 e. The summed E-state index contributed by atoms with van der Waals surface area (Å²) in [6.45, 7) is 7.04. The molecule has 0 aliphatic carbocycles. The first-order chi connectivity index (χ1) is 14.1. The highest BCUT2D eigenvalue weighted by molar-refractivity contribution is 5.82. The van der Waals surface area contributed by atoms with Crippen LogP contribution in [0.1, 0.15) is 22.6 Å². The number of morpholine rings is 1. The minimum absolute atomic E-state index is 0.122. The van der Waals surface area contributed by atoms with E-state index in [2.05, 4.69) is 27.4 Å². The molecule has 0 radical (unpaired) electrons. The topological polar surface area (TPSA) is 71.8 Å². The molecule has 1 atom stereocenters. The van der Waals surface area contributed by atoms with E-state index in [0.29, 0.717) is 45.0 Å². The fourth-order valence-corrected chi connectivity index (χ4v) is 3.85. The third kappa shape index (κ3) is 4.46. The predicted octanol–water partition coefficient (Wildman–Crippen LogP) is 1.91. The van der Waals surface area contributed by atoms with Gasteiger partial charge in [-0.2, -0.15) is 0 Å². The molecule has 152 valence electrons. The van der Waals surface area contributed by atoms with Gasteiger partial charge in [-0.25, -0.2) is 9.97 Å². The molecule has 1 N–H and O–H groups in total. The van der Waals surface area contributed by atoms with Crippen molar-refractivity contribution in [1.29, 1.82) is 0 Å². The molecule has 1 aliphatic rings. The molecule has 0 bridgehead atoms. The summed E-state index contributed by atoms with van der Waals surface area (Å²) in [5.74, 6) is 0.815. The second kappa shape index (κ2) is 8.71. The van der Waals surface area contributed by atoms with E-state index < -0.39 is 0 Å². The monoisotopic (exact) mass is 393 g/mol. The van der Waals surface area contributed by atoms with Gasteiger partial charge >= 0.3 is 0 Å². The first-order valence-electron chi connectivity index (χ1n) is 10.1. The normalized spacial score (nSPS) is 15.6. The van der Waals surface area contributed by atoms with Gasteiger partial charge in [0.15, 0.2) is 0 Å². The summed E-state index contributed by atoms with van der Waals surface area (Å²) >= 11 is 0. The third-order valence-electron chi connectivity index (χ3n) is 5.30. The molecule has 1 unspecified atom stereocenters. The Labute approximate surface area is 170 Å². The number of ether oxygens (including phenoxy) is 1. The van der Waals surface area contributed by atoms with E-state index in [1.165, 1.54) is 0 Å². The SMILES string of the molecule is Cc1cc(C)n2c(CNC(Cc3ccccc3)C(=O)N3CCOCC3)cnc2n1. The Hall–Kier alpha value is -2.77. The van der Waals surface area contributed by atoms with Crippen molar-refractivity contribution in [2.24, 2.45) is 0 Å². The van der Waals surface area contributed by atoms with Crippen LogP contribution in [0.4, 0.5) is 0 Å². The van der Waals surface area contributed by atoms with Crippen molar-refractivity contribution in [2.45, 2.75) is 32.9 Å². The first kappa shape index (κ1) is 19.5. The molecule has 1 aromatic carbocycles. The van der Waals surface area contributed by atoms with Crippen LogP contribution in [0, 0.1) is 13.8 Å². The molecule has 3 heterocycles. The lowest BCUT2D eigenvalue weighted by molar-refractivity contribution is -0.137. The second-order valence-electron chi connectivity index (χ2n) is 7.48. The van der Waals surface area contributed by atoms with Crippen molar-refractivity contribution >= 4 is 11.7 Å². The Kier molecular flexibility index (Phi) is 5.87. The zero-order valence-corrected chi connectivity index (χ0v) is 17.0. The number of nitrogens with zero attached hydrogens (tertiary/aromatic N) is 4. The summed E-state index contributed by atoms with van der Waals surface area (Å²) in [6, 6.07) is 11.9. The maximum absolute atomic E-state index is 13.2. The molecule has 1 aliphatic heterocycles. The van der Waals surface area contributed by atoms with Crippen LogP contribution in [-0.2, 0) is 22.5 Å². The minimum atomic E-state index is -0.306. The number of hydrogen-bond donors (Lipinski definition) is 1. The molecular formula is C22H27N5O2. The average molecular weight is 393 g/mol. The summed E-state index contributed by atoms with van der Waals surface area (Å²) in [5.41, 5.74) is 4.17. The summed E-state index contributed by atoms with van der Waals surface area (Å²) in [4.78, 5) is 24.0. The summed E-state index contributed by atoms with van der Waals surface area (Å²) < 4.78 is 7.45. The number of nitrogens with one attached hydrogen (secondary N) is 1. The standard InChI is InChI=1S/C22H27N5O2/c1-16-12-17(2)27-19(15-24-22(27)25-16)14-23-20(13-18-6-4-3-5-7-18)21(28)26-8-10-29-11-9-26/h3-7,12,15,20,23H,8-11,13-14H2,1-2H3. The van der Waals surface area contributed by atoms with Gasteiger partial charge in [0, 0.05) is 31.0 Å². The molecule has 29 heavy (non-hydrogen) atoms. The number of carbonyl (C=O) groups excluding carboxylic acids is 1. The second-order valence-corrected chi connectivity index (χ2v) is 7.48. The van der Waals surface area contributed by atoms with E-state index in [0.717, 1.165) is 22.6 Å². The molecule has 0 spiro atoms. The molecule has 2 aromatic heterocycles. The van der Waals surface area contributed by atoms with Gasteiger partial charge in [-0.3, -0.25) is 14.5 Å². The van der Waals surface area contributed by atoms with Gasteiger partial charge in [0.25, 0.3) is 0 Å². The van der Waals surface area contributed by atoms with Crippen LogP contribution >= 0.6 is 0 Å². The third-order valence-corrected chi connectivity index (χ3v) is 5.30. The van der Waals surface area contributed by atoms with Crippen molar-refractivity contribution in [3.63, 3.8) is 0 Å². The molecule has 1 amide bonds. The van der Waals surface area contributed by atoms with Gasteiger partial charge < -0.3 is 9.64 Å². The van der Waals surface area contributed by atoms with Crippen molar-refractivity contribution in [2.75, 3.05) is 26.3 Å². The van der Waals surface area contributed by atoms with Gasteiger partial charge in [0.05, 0.1) is 31.1 Å². The molecule has 0 saturated carbocycles. The summed E-state index contributed by atoms with van der Waals surface area (Å²) in [5, 5.41) is 3.48. The summed E-state index contributed by atoms with van der Waals surface area (Å²) in [7, 11) is 0. The van der Waals surface area contributed by atoms with Crippen LogP contribution in [0.3, 0.4) is 0 Å². The van der Waals surface area contributed by atoms with Crippen molar-refractivity contribution < 1.29 is 9.53 Å². The van der Waals surface area contributed by atoms with Gasteiger partial charge in [0.1, 0.15) is 0 Å². The molecule has 3 aromatic rings. The molecule has 7 nitrogen and oxygen atoms in total. The quantitative estimate of drug-likeness (QED) is 0.693. The van der Waals surface area contributed by atoms with Crippen molar-refractivity contribution in [3.8, 4) is 0 Å². The van der Waals surface area contributed by atoms with E-state index in [9.17, 15) is 4.79 Å². The largest absolute Gasteiger partial charge is 0.378 e. The van der Waals surface area contributed by atoms with E-state index >= 15 is 0 Å². The highest BCUT2D eigenvalue weighted by Gasteiger charge is 2.26. The van der Waals surface area contributed by atoms with Gasteiger partial charge in [0.2, 0.25) is 11.7 Å². The van der Waals surface area contributed by atoms with Crippen LogP contribution in [-0.4, -0.2) is 57.5 Å². The van der Waals surface area contributed by atoms with Crippen molar-refractivity contribution in [3.05, 3.63) is 65.2 Å². The predicted molar refractivity (Wildman–Crippen MR) is 111 cm³/mol. The van der Waals surface area contributed by atoms with Gasteiger partial charge in [-0.1, -0.05) is 30.3 Å². The molecule has 4 rings (SSSR count). The lowest BCUT2D eigenvalue weighted by Crippen LogP contribution is -2.51. The van der Waals surface area contributed by atoms with E-state index in [-0.39, 0.29) is 11.9 Å². The first-order valence-corrected chi connectivity index (χ1v) is 10.1. The van der Waals surface area contributed by atoms with Crippen molar-refractivity contribution in [1.82, 2.24) is 24.6 Å². The number of aromatic nitrogens is 3. The van der Waals surface area contributed by atoms with E-state index in [4.69, 9.17) is 4.74 Å². The van der Waals surface area contributed by atoms with Crippen LogP contribution in [0.2, 0.25) is 0 Å². The zero-order chi connectivity index (χ0) is 20.2. The van der Waals surface area contributed by atoms with Crippen LogP contribution in [0.15, 0.2) is 42.6 Å². The van der Waals surface area contributed by atoms with Gasteiger partial charge in [-0.15, -0.1) is 0 Å². The Bertz CT molecular complexity index is 980. The number of carbonyl (C=O) groups is 1. The summed E-state index contributed by atoms with van der Waals surface area (Å²) in [6.07, 6.45) is 2.48. The highest BCUT2D eigenvalue weighted by atomic mass is 16.5. The highest BCUT2D eigenvalue weighted by Crippen LogP contribution is 2.12. The number of amides is 1.